The van der Waals surface area contributed by atoms with Crippen LogP contribution in [0.4, 0.5) is 5.82 Å². The number of hydrogen-bond donors (Lipinski definition) is 3. The van der Waals surface area contributed by atoms with Crippen molar-refractivity contribution in [3.63, 3.8) is 0 Å². The van der Waals surface area contributed by atoms with Crippen LogP contribution in [0.1, 0.15) is 5.56 Å². The molecule has 0 saturated carbocycles. The van der Waals surface area contributed by atoms with Crippen LogP contribution in [-0.2, 0) is 23.5 Å². The summed E-state index contributed by atoms with van der Waals surface area (Å²) in [7, 11) is -2.30. The van der Waals surface area contributed by atoms with Gasteiger partial charge in [0.1, 0.15) is 0 Å². The summed E-state index contributed by atoms with van der Waals surface area (Å²) < 4.78 is 28.4. The predicted octanol–water partition coefficient (Wildman–Crippen LogP) is -0.116. The van der Waals surface area contributed by atoms with Gasteiger partial charge in [-0.15, -0.1) is 0 Å². The molecule has 0 aliphatic carbocycles. The van der Waals surface area contributed by atoms with Crippen LogP contribution in [-0.4, -0.2) is 35.7 Å². The first-order valence-corrected chi connectivity index (χ1v) is 7.86. The highest BCUT2D eigenvalue weighted by molar-refractivity contribution is 7.89. The summed E-state index contributed by atoms with van der Waals surface area (Å²) in [6.07, 6.45) is 1.71. The van der Waals surface area contributed by atoms with Gasteiger partial charge in [-0.25, -0.2) is 18.1 Å². The first-order valence-electron chi connectivity index (χ1n) is 6.38. The van der Waals surface area contributed by atoms with Crippen molar-refractivity contribution in [3.8, 4) is 0 Å². The average Bonchev–Trinajstić information content (AvgIpc) is 2.79. The van der Waals surface area contributed by atoms with Crippen LogP contribution >= 0.6 is 0 Å². The standard InChI is InChI=1S/C13H18N4O3S/c1-17-9-15-12(14)13(17)21(19,20)16-11(8-18)7-10-5-3-2-4-6-10/h2-6,9,11,16,18H,7-8,14H2,1H3/t11-/m1/s1. The molecule has 7 nitrogen and oxygen atoms in total. The van der Waals surface area contributed by atoms with Crippen LogP contribution in [0.2, 0.25) is 0 Å². The molecule has 2 rings (SSSR count). The monoisotopic (exact) mass is 310 g/mol. The lowest BCUT2D eigenvalue weighted by molar-refractivity contribution is 0.256. The highest BCUT2D eigenvalue weighted by atomic mass is 32.2. The molecule has 0 unspecified atom stereocenters. The Bertz CT molecular complexity index is 678. The Balaban J connectivity index is 2.18. The number of nitrogen functional groups attached to an aromatic ring is 1. The van der Waals surface area contributed by atoms with Crippen LogP contribution in [0.3, 0.4) is 0 Å². The molecule has 1 aromatic heterocycles. The first kappa shape index (κ1) is 15.5. The van der Waals surface area contributed by atoms with E-state index < -0.39 is 16.1 Å². The molecule has 4 N–H and O–H groups in total. The first-order chi connectivity index (χ1) is 9.94. The number of aliphatic hydroxyl groups is 1. The molecule has 1 aromatic carbocycles. The zero-order chi connectivity index (χ0) is 15.5. The fraction of sp³-hybridized carbons (Fsp3) is 0.308. The van der Waals surface area contributed by atoms with E-state index >= 15 is 0 Å². The van der Waals surface area contributed by atoms with E-state index in [9.17, 15) is 13.5 Å². The number of nitrogens with zero attached hydrogens (tertiary/aromatic N) is 2. The second-order valence-electron chi connectivity index (χ2n) is 4.74. The minimum absolute atomic E-state index is 0.0681. The molecule has 1 heterocycles. The van der Waals surface area contributed by atoms with Gasteiger partial charge in [-0.3, -0.25) is 0 Å². The van der Waals surface area contributed by atoms with Gasteiger partial charge in [0.15, 0.2) is 10.8 Å². The summed E-state index contributed by atoms with van der Waals surface area (Å²) in [5.74, 6) is -0.0681. The second kappa shape index (κ2) is 6.25. The van der Waals surface area contributed by atoms with E-state index in [1.54, 1.807) is 7.05 Å². The third-order valence-electron chi connectivity index (χ3n) is 3.03. The third kappa shape index (κ3) is 3.60. The second-order valence-corrected chi connectivity index (χ2v) is 6.37. The van der Waals surface area contributed by atoms with Crippen LogP contribution in [0.25, 0.3) is 0 Å². The molecular formula is C13H18N4O3S. The van der Waals surface area contributed by atoms with Crippen LogP contribution in [0.5, 0.6) is 0 Å². The van der Waals surface area contributed by atoms with Gasteiger partial charge in [0.25, 0.3) is 10.0 Å². The maximum atomic E-state index is 12.3. The topological polar surface area (TPSA) is 110 Å². The number of benzene rings is 1. The number of hydrogen-bond acceptors (Lipinski definition) is 5. The minimum Gasteiger partial charge on any atom is -0.395 e. The number of sulfonamides is 1. The smallest absolute Gasteiger partial charge is 0.260 e. The molecular weight excluding hydrogens is 292 g/mol. The lowest BCUT2D eigenvalue weighted by Gasteiger charge is -2.17. The Morgan fingerprint density at radius 1 is 1.38 bits per heavy atom. The number of nitrogens with two attached hydrogens (primary N) is 1. The molecule has 21 heavy (non-hydrogen) atoms. The number of nitrogens with one attached hydrogen (secondary N) is 1. The molecule has 114 valence electrons. The van der Waals surface area contributed by atoms with E-state index in [1.165, 1.54) is 10.9 Å². The number of imidazole rings is 1. The van der Waals surface area contributed by atoms with E-state index in [4.69, 9.17) is 5.73 Å². The molecule has 0 aliphatic rings. The Labute approximate surface area is 123 Å². The lowest BCUT2D eigenvalue weighted by Crippen LogP contribution is -2.39. The Kier molecular flexibility index (Phi) is 4.61. The largest absolute Gasteiger partial charge is 0.395 e. The molecule has 0 aliphatic heterocycles. The summed E-state index contributed by atoms with van der Waals surface area (Å²) in [5, 5.41) is 9.30. The molecule has 8 heteroatoms. The van der Waals surface area contributed by atoms with Crippen LogP contribution in [0.15, 0.2) is 41.7 Å². The molecule has 0 saturated heterocycles. The van der Waals surface area contributed by atoms with Crippen molar-refractivity contribution in [3.05, 3.63) is 42.2 Å². The summed E-state index contributed by atoms with van der Waals surface area (Å²) in [6, 6.07) is 8.70. The number of aryl methyl sites for hydroxylation is 1. The van der Waals surface area contributed by atoms with E-state index in [0.717, 1.165) is 5.56 Å². The molecule has 0 radical (unpaired) electrons. The zero-order valence-electron chi connectivity index (χ0n) is 11.6. The van der Waals surface area contributed by atoms with E-state index in [-0.39, 0.29) is 17.5 Å². The minimum atomic E-state index is -3.84. The number of rotatable bonds is 6. The lowest BCUT2D eigenvalue weighted by atomic mass is 10.1. The summed E-state index contributed by atoms with van der Waals surface area (Å²) >= 11 is 0. The number of aromatic nitrogens is 2. The van der Waals surface area contributed by atoms with Crippen molar-refractivity contribution in [1.82, 2.24) is 14.3 Å². The molecule has 2 aromatic rings. The average molecular weight is 310 g/mol. The van der Waals surface area contributed by atoms with Gasteiger partial charge in [-0.1, -0.05) is 30.3 Å². The van der Waals surface area contributed by atoms with Gasteiger partial charge in [0.05, 0.1) is 12.9 Å². The van der Waals surface area contributed by atoms with Gasteiger partial charge in [0, 0.05) is 13.1 Å². The quantitative estimate of drug-likeness (QED) is 0.689. The molecule has 0 amide bonds. The molecule has 0 fully saturated rings. The fourth-order valence-corrected chi connectivity index (χ4v) is 3.54. The third-order valence-corrected chi connectivity index (χ3v) is 4.68. The predicted molar refractivity (Wildman–Crippen MR) is 79.0 cm³/mol. The van der Waals surface area contributed by atoms with Gasteiger partial charge in [-0.2, -0.15) is 0 Å². The van der Waals surface area contributed by atoms with Crippen LogP contribution < -0.4 is 10.5 Å². The normalized spacial score (nSPS) is 13.2. The van der Waals surface area contributed by atoms with Crippen molar-refractivity contribution < 1.29 is 13.5 Å². The van der Waals surface area contributed by atoms with E-state index in [2.05, 4.69) is 9.71 Å². The van der Waals surface area contributed by atoms with E-state index in [1.807, 2.05) is 30.3 Å². The fourth-order valence-electron chi connectivity index (χ4n) is 2.08. The highest BCUT2D eigenvalue weighted by Gasteiger charge is 2.25. The Morgan fingerprint density at radius 3 is 2.57 bits per heavy atom. The van der Waals surface area contributed by atoms with Gasteiger partial charge >= 0.3 is 0 Å². The van der Waals surface area contributed by atoms with Crippen molar-refractivity contribution in [2.24, 2.45) is 7.05 Å². The summed E-state index contributed by atoms with van der Waals surface area (Å²) in [5.41, 5.74) is 6.51. The van der Waals surface area contributed by atoms with Crippen LogP contribution in [0, 0.1) is 0 Å². The Morgan fingerprint density at radius 2 is 2.05 bits per heavy atom. The molecule has 0 spiro atoms. The molecule has 1 atom stereocenters. The number of aliphatic hydroxyl groups excluding tert-OH is 1. The van der Waals surface area contributed by atoms with E-state index in [0.29, 0.717) is 6.42 Å². The van der Waals surface area contributed by atoms with Crippen molar-refractivity contribution in [2.75, 3.05) is 12.3 Å². The Hall–Kier alpha value is -1.90. The van der Waals surface area contributed by atoms with Crippen molar-refractivity contribution in [2.45, 2.75) is 17.5 Å². The number of anilines is 1. The summed E-state index contributed by atoms with van der Waals surface area (Å²) in [4.78, 5) is 3.76. The van der Waals surface area contributed by atoms with Gasteiger partial charge < -0.3 is 15.4 Å². The van der Waals surface area contributed by atoms with Gasteiger partial charge in [0.2, 0.25) is 0 Å². The summed E-state index contributed by atoms with van der Waals surface area (Å²) in [6.45, 7) is -0.314. The SMILES string of the molecule is Cn1cnc(N)c1S(=O)(=O)N[C@@H](CO)Cc1ccccc1. The highest BCUT2D eigenvalue weighted by Crippen LogP contribution is 2.16. The zero-order valence-corrected chi connectivity index (χ0v) is 12.4. The maximum absolute atomic E-state index is 12.3. The van der Waals surface area contributed by atoms with Crippen molar-refractivity contribution in [1.29, 1.82) is 0 Å². The van der Waals surface area contributed by atoms with Gasteiger partial charge in [-0.05, 0) is 12.0 Å². The maximum Gasteiger partial charge on any atom is 0.260 e. The molecule has 0 bridgehead atoms. The van der Waals surface area contributed by atoms with Crippen molar-refractivity contribution >= 4 is 15.8 Å².